The van der Waals surface area contributed by atoms with Crippen LogP contribution in [0.4, 0.5) is 10.8 Å². The van der Waals surface area contributed by atoms with Gasteiger partial charge in [-0.25, -0.2) is 4.98 Å². The van der Waals surface area contributed by atoms with Crippen LogP contribution in [0, 0.1) is 10.1 Å². The lowest BCUT2D eigenvalue weighted by Crippen LogP contribution is -1.89. The molecule has 2 heterocycles. The first kappa shape index (κ1) is 17.4. The summed E-state index contributed by atoms with van der Waals surface area (Å²) in [5.41, 5.74) is 4.55. The molecule has 1 N–H and O–H groups in total. The van der Waals surface area contributed by atoms with Gasteiger partial charge in [0.25, 0.3) is 5.69 Å². The number of non-ortho nitro benzene ring substituents is 1. The predicted molar refractivity (Wildman–Crippen MR) is 109 cm³/mol. The topological polar surface area (TPSA) is 93.6 Å². The summed E-state index contributed by atoms with van der Waals surface area (Å²) in [6.45, 7) is 0. The highest BCUT2D eigenvalue weighted by molar-refractivity contribution is 9.10. The number of nitro groups is 1. The molecule has 0 radical (unpaired) electrons. The van der Waals surface area contributed by atoms with Crippen molar-refractivity contribution in [1.82, 2.24) is 4.98 Å². The number of hydrogen-bond acceptors (Lipinski definition) is 7. The highest BCUT2D eigenvalue weighted by Crippen LogP contribution is 2.32. The molecule has 0 aliphatic rings. The maximum absolute atomic E-state index is 10.8. The molecule has 7 nitrogen and oxygen atoms in total. The molecule has 0 aliphatic carbocycles. The van der Waals surface area contributed by atoms with Gasteiger partial charge in [-0.1, -0.05) is 23.5 Å². The molecule has 0 atom stereocenters. The van der Waals surface area contributed by atoms with Gasteiger partial charge in [-0.2, -0.15) is 5.10 Å². The average Bonchev–Trinajstić information content (AvgIpc) is 3.28. The smallest absolute Gasteiger partial charge is 0.270 e. The van der Waals surface area contributed by atoms with Crippen LogP contribution in [0.15, 0.2) is 68.6 Å². The molecule has 0 fully saturated rings. The maximum Gasteiger partial charge on any atom is 0.270 e. The van der Waals surface area contributed by atoms with Gasteiger partial charge < -0.3 is 4.42 Å². The van der Waals surface area contributed by atoms with E-state index < -0.39 is 4.92 Å². The molecular weight excluding hydrogens is 432 g/mol. The number of halogens is 1. The minimum absolute atomic E-state index is 0.0130. The lowest BCUT2D eigenvalue weighted by molar-refractivity contribution is -0.384. The van der Waals surface area contributed by atoms with Crippen molar-refractivity contribution in [2.24, 2.45) is 5.10 Å². The van der Waals surface area contributed by atoms with Crippen LogP contribution >= 0.6 is 27.3 Å². The number of aromatic nitrogens is 1. The first-order valence-electron chi connectivity index (χ1n) is 7.79. The Kier molecular flexibility index (Phi) is 4.69. The number of benzene rings is 2. The number of para-hydroxylation sites is 1. The molecule has 0 saturated carbocycles. The zero-order valence-corrected chi connectivity index (χ0v) is 16.0. The van der Waals surface area contributed by atoms with Crippen molar-refractivity contribution in [3.8, 4) is 11.3 Å². The number of fused-ring (bicyclic) bond motifs is 1. The molecule has 4 rings (SSSR count). The Labute approximate surface area is 165 Å². The van der Waals surface area contributed by atoms with E-state index in [1.807, 2.05) is 24.3 Å². The second kappa shape index (κ2) is 7.29. The van der Waals surface area contributed by atoms with Crippen molar-refractivity contribution in [2.45, 2.75) is 0 Å². The number of anilines is 1. The quantitative estimate of drug-likeness (QED) is 0.244. The van der Waals surface area contributed by atoms with Crippen LogP contribution in [-0.4, -0.2) is 16.1 Å². The number of nitrogens with one attached hydrogen (secondary N) is 1. The van der Waals surface area contributed by atoms with E-state index in [2.05, 4.69) is 31.4 Å². The normalized spacial score (nSPS) is 11.3. The standard InChI is InChI=1S/C18H11BrN4O3S/c19-14-9-11(23(24)25)5-7-13(14)16-8-6-12(26-16)10-20-22-18-21-15-3-1-2-4-17(15)27-18/h1-10H,(H,21,22)/b20-10+. The minimum atomic E-state index is -0.442. The van der Waals surface area contributed by atoms with E-state index in [0.29, 0.717) is 21.1 Å². The van der Waals surface area contributed by atoms with Gasteiger partial charge in [0.2, 0.25) is 5.13 Å². The zero-order valence-electron chi connectivity index (χ0n) is 13.6. The molecule has 2 aromatic heterocycles. The second-order valence-corrected chi connectivity index (χ2v) is 7.37. The van der Waals surface area contributed by atoms with Crippen molar-refractivity contribution >= 4 is 54.5 Å². The Morgan fingerprint density at radius 3 is 2.85 bits per heavy atom. The molecule has 4 aromatic rings. The monoisotopic (exact) mass is 442 g/mol. The first-order valence-corrected chi connectivity index (χ1v) is 9.40. The Morgan fingerprint density at radius 2 is 2.07 bits per heavy atom. The van der Waals surface area contributed by atoms with Crippen LogP contribution in [0.3, 0.4) is 0 Å². The summed E-state index contributed by atoms with van der Waals surface area (Å²) in [7, 11) is 0. The summed E-state index contributed by atoms with van der Waals surface area (Å²) in [5.74, 6) is 1.13. The fourth-order valence-corrected chi connectivity index (χ4v) is 3.83. The number of furan rings is 1. The molecule has 0 aliphatic heterocycles. The van der Waals surface area contributed by atoms with E-state index in [1.54, 1.807) is 24.4 Å². The fraction of sp³-hybridized carbons (Fsp3) is 0. The lowest BCUT2D eigenvalue weighted by Gasteiger charge is -2.00. The van der Waals surface area contributed by atoms with Crippen LogP contribution in [0.25, 0.3) is 21.5 Å². The third kappa shape index (κ3) is 3.74. The molecule has 0 saturated heterocycles. The van der Waals surface area contributed by atoms with E-state index in [9.17, 15) is 10.1 Å². The van der Waals surface area contributed by atoms with E-state index in [4.69, 9.17) is 4.42 Å². The summed E-state index contributed by atoms with van der Waals surface area (Å²) in [6, 6.07) is 15.9. The van der Waals surface area contributed by atoms with E-state index in [1.165, 1.54) is 23.5 Å². The van der Waals surface area contributed by atoms with Gasteiger partial charge in [0.1, 0.15) is 11.5 Å². The molecule has 27 heavy (non-hydrogen) atoms. The van der Waals surface area contributed by atoms with Crippen molar-refractivity contribution < 1.29 is 9.34 Å². The summed E-state index contributed by atoms with van der Waals surface area (Å²) < 4.78 is 7.41. The molecule has 9 heteroatoms. The van der Waals surface area contributed by atoms with Crippen LogP contribution in [0.5, 0.6) is 0 Å². The molecule has 2 aromatic carbocycles. The van der Waals surface area contributed by atoms with Crippen molar-refractivity contribution in [3.63, 3.8) is 0 Å². The summed E-state index contributed by atoms with van der Waals surface area (Å²) in [6.07, 6.45) is 1.55. The molecule has 134 valence electrons. The summed E-state index contributed by atoms with van der Waals surface area (Å²) >= 11 is 4.86. The van der Waals surface area contributed by atoms with Crippen molar-refractivity contribution in [1.29, 1.82) is 0 Å². The fourth-order valence-electron chi connectivity index (χ4n) is 2.46. The highest BCUT2D eigenvalue weighted by atomic mass is 79.9. The van der Waals surface area contributed by atoms with Crippen LogP contribution in [-0.2, 0) is 0 Å². The van der Waals surface area contributed by atoms with E-state index in [0.717, 1.165) is 15.8 Å². The number of hydrazone groups is 1. The largest absolute Gasteiger partial charge is 0.455 e. The van der Waals surface area contributed by atoms with Gasteiger partial charge in [0.15, 0.2) is 0 Å². The minimum Gasteiger partial charge on any atom is -0.455 e. The number of nitro benzene ring substituents is 1. The van der Waals surface area contributed by atoms with Crippen LogP contribution < -0.4 is 5.43 Å². The number of nitrogens with zero attached hydrogens (tertiary/aromatic N) is 3. The lowest BCUT2D eigenvalue weighted by atomic mass is 10.1. The summed E-state index contributed by atoms with van der Waals surface area (Å²) in [4.78, 5) is 14.8. The first-order chi connectivity index (χ1) is 13.1. The van der Waals surface area contributed by atoms with Crippen molar-refractivity contribution in [3.05, 3.63) is 74.9 Å². The molecule has 0 bridgehead atoms. The summed E-state index contributed by atoms with van der Waals surface area (Å²) in [5, 5.41) is 15.7. The SMILES string of the molecule is O=[N+]([O-])c1ccc(-c2ccc(/C=N/Nc3nc4ccccc4s3)o2)c(Br)c1. The number of rotatable bonds is 5. The molecular formula is C18H11BrN4O3S. The van der Waals surface area contributed by atoms with Gasteiger partial charge in [0.05, 0.1) is 21.4 Å². The third-order valence-electron chi connectivity index (χ3n) is 3.70. The van der Waals surface area contributed by atoms with Gasteiger partial charge in [-0.15, -0.1) is 0 Å². The Morgan fingerprint density at radius 1 is 1.22 bits per heavy atom. The average molecular weight is 443 g/mol. The molecule has 0 amide bonds. The maximum atomic E-state index is 10.8. The highest BCUT2D eigenvalue weighted by Gasteiger charge is 2.13. The molecule has 0 unspecified atom stereocenters. The number of thiazole rings is 1. The van der Waals surface area contributed by atoms with Gasteiger partial charge >= 0.3 is 0 Å². The zero-order chi connectivity index (χ0) is 18.8. The van der Waals surface area contributed by atoms with E-state index in [-0.39, 0.29) is 5.69 Å². The van der Waals surface area contributed by atoms with Crippen LogP contribution in [0.1, 0.15) is 5.76 Å². The van der Waals surface area contributed by atoms with Gasteiger partial charge in [0, 0.05) is 22.2 Å². The third-order valence-corrected chi connectivity index (χ3v) is 5.30. The van der Waals surface area contributed by atoms with Crippen molar-refractivity contribution in [2.75, 3.05) is 5.43 Å². The van der Waals surface area contributed by atoms with Gasteiger partial charge in [-0.05, 0) is 46.3 Å². The second-order valence-electron chi connectivity index (χ2n) is 5.48. The predicted octanol–water partition coefficient (Wildman–Crippen LogP) is 5.67. The van der Waals surface area contributed by atoms with Gasteiger partial charge in [-0.3, -0.25) is 15.5 Å². The molecule has 0 spiro atoms. The Hall–Kier alpha value is -3.04. The Balaban J connectivity index is 1.49. The Bertz CT molecular complexity index is 1140. The van der Waals surface area contributed by atoms with Crippen LogP contribution in [0.2, 0.25) is 0 Å². The van der Waals surface area contributed by atoms with E-state index >= 15 is 0 Å². The number of hydrogen-bond donors (Lipinski definition) is 1.